The van der Waals surface area contributed by atoms with Crippen LogP contribution in [0.25, 0.3) is 33.8 Å². The molecule has 0 saturated heterocycles. The first-order chi connectivity index (χ1) is 41.0. The first kappa shape index (κ1) is 56.9. The third kappa shape index (κ3) is 14.6. The number of carbonyl (C=O) groups is 3. The van der Waals surface area contributed by atoms with Crippen LogP contribution < -0.4 is 14.2 Å². The van der Waals surface area contributed by atoms with Crippen LogP contribution in [0.4, 0.5) is 4.39 Å². The number of para-hydroxylation sites is 3. The molecule has 3 aromatic heterocycles. The predicted octanol–water partition coefficient (Wildman–Crippen LogP) is 11.8. The molecule has 0 aliphatic carbocycles. The predicted molar refractivity (Wildman–Crippen MR) is 320 cm³/mol. The number of halogens is 1. The van der Waals surface area contributed by atoms with Crippen LogP contribution in [0.3, 0.4) is 0 Å². The van der Waals surface area contributed by atoms with Crippen molar-refractivity contribution >= 4 is 17.7 Å². The van der Waals surface area contributed by atoms with Gasteiger partial charge in [0.2, 0.25) is 0 Å². The van der Waals surface area contributed by atoms with Crippen LogP contribution in [0, 0.1) is 0 Å². The van der Waals surface area contributed by atoms with Crippen LogP contribution >= 0.6 is 0 Å². The Morgan fingerprint density at radius 1 is 0.494 bits per heavy atom. The molecule has 0 bridgehead atoms. The molecule has 6 aromatic carbocycles. The number of nitrogens with one attached hydrogen (secondary N) is 1. The zero-order valence-corrected chi connectivity index (χ0v) is 47.6. The van der Waals surface area contributed by atoms with E-state index in [1.807, 2.05) is 172 Å². The smallest absolute Gasteiger partial charge is 0.260 e. The minimum Gasteiger partial charge on any atom is -0.484 e. The summed E-state index contributed by atoms with van der Waals surface area (Å²) in [5.41, 5.74) is 13.2. The number of nitrogens with zero attached hydrogens (tertiary/aromatic N) is 8. The average Bonchev–Trinajstić information content (AvgIpc) is 4.05. The maximum atomic E-state index is 12.7. The highest BCUT2D eigenvalue weighted by Gasteiger charge is 2.31. The Kier molecular flexibility index (Phi) is 19.5. The van der Waals surface area contributed by atoms with Gasteiger partial charge in [0.25, 0.3) is 17.7 Å². The fourth-order valence-corrected chi connectivity index (χ4v) is 10.4. The number of alkyl halides is 1. The van der Waals surface area contributed by atoms with E-state index < -0.39 is 7.15 Å². The highest BCUT2D eigenvalue weighted by Crippen LogP contribution is 2.35. The van der Waals surface area contributed by atoms with Gasteiger partial charge < -0.3 is 28.9 Å². The molecule has 0 saturated carbocycles. The highest BCUT2D eigenvalue weighted by molar-refractivity contribution is 5.80. The molecule has 83 heavy (non-hydrogen) atoms. The van der Waals surface area contributed by atoms with Crippen molar-refractivity contribution in [1.82, 2.24) is 44.5 Å². The Bertz CT molecular complexity index is 3470. The molecule has 9 aromatic rings. The molecule has 12 rings (SSSR count). The fourth-order valence-electron chi connectivity index (χ4n) is 10.4. The van der Waals surface area contributed by atoms with Crippen molar-refractivity contribution in [2.45, 2.75) is 78.7 Å². The van der Waals surface area contributed by atoms with Crippen molar-refractivity contribution in [1.29, 1.82) is 0 Å². The van der Waals surface area contributed by atoms with Crippen LogP contribution in [-0.2, 0) is 53.3 Å². The second kappa shape index (κ2) is 28.4. The summed E-state index contributed by atoms with van der Waals surface area (Å²) in [7, 11) is -1.00. The summed E-state index contributed by atoms with van der Waals surface area (Å²) in [4.78, 5) is 43.6. The van der Waals surface area contributed by atoms with Crippen molar-refractivity contribution in [3.05, 3.63) is 216 Å². The van der Waals surface area contributed by atoms with Crippen molar-refractivity contribution in [2.24, 2.45) is 0 Å². The molecule has 3 amide bonds. The standard InChI is InChI=1S/2C23H25N3O2.C20H19N3O2.CH3F/c1-17(2)26-21-13-14-25(22(27)16-28-19-11-7-4-8-12-19)15-20(21)23(24-26)18-9-5-3-6-10-18;1-17(2)26-23(18-9-5-3-6-10-18)20-15-25(14-13-21(20)24-26)22(27)16-28-19-11-7-4-8-12-19;24-19(14-25-16-9-5-2-6-10-16)23-12-11-18-17(13-23)20(22-21-18)15-7-3-1-4-8-15;1-2/h2*3-12,17H,13-16H2,1-2H3;1-10H,11-14H2,(H,21,22);1H3/i;;;1D. The number of rotatable bonds is 14. The summed E-state index contributed by atoms with van der Waals surface area (Å²) in [6, 6.07) is 59.4. The van der Waals surface area contributed by atoms with E-state index in [4.69, 9.17) is 25.8 Å². The number of benzene rings is 6. The lowest BCUT2D eigenvalue weighted by Gasteiger charge is -2.28. The van der Waals surface area contributed by atoms with Crippen LogP contribution in [0.2, 0.25) is 0 Å². The first-order valence-corrected chi connectivity index (χ1v) is 28.1. The second-order valence-corrected chi connectivity index (χ2v) is 20.8. The SMILES string of the molecule is CC(C)n1nc(-c2ccccc2)c2c1CCN(C(=O)COc1ccccc1)C2.CC(C)n1nc2c(c1-c1ccccc1)CN(C(=O)COc1ccccc1)CC2.O=C(COc1ccccc1)N1CCc2[nH]nc(-c3ccccc3)c2C1.[2H]CF. The van der Waals surface area contributed by atoms with Gasteiger partial charge in [-0.3, -0.25) is 33.2 Å². The van der Waals surface area contributed by atoms with Crippen molar-refractivity contribution in [2.75, 3.05) is 46.6 Å². The number of aromatic nitrogens is 6. The molecule has 0 radical (unpaired) electrons. The van der Waals surface area contributed by atoms with E-state index in [1.165, 1.54) is 5.69 Å². The Balaban J connectivity index is 0.000000148. The van der Waals surface area contributed by atoms with Crippen molar-refractivity contribution in [3.8, 4) is 51.0 Å². The van der Waals surface area contributed by atoms with E-state index >= 15 is 0 Å². The largest absolute Gasteiger partial charge is 0.484 e. The van der Waals surface area contributed by atoms with Gasteiger partial charge in [-0.25, -0.2) is 0 Å². The molecule has 0 spiro atoms. The zero-order valence-electron chi connectivity index (χ0n) is 48.6. The van der Waals surface area contributed by atoms with Gasteiger partial charge in [0.05, 0.1) is 31.3 Å². The van der Waals surface area contributed by atoms with Crippen molar-refractivity contribution in [3.63, 3.8) is 0 Å². The molecule has 6 heterocycles. The minimum atomic E-state index is -1.00. The van der Waals surface area contributed by atoms with E-state index in [0.717, 1.165) is 81.1 Å². The van der Waals surface area contributed by atoms with E-state index in [-0.39, 0.29) is 49.6 Å². The summed E-state index contributed by atoms with van der Waals surface area (Å²) in [5, 5.41) is 17.3. The Labute approximate surface area is 486 Å². The quantitative estimate of drug-likeness (QED) is 0.112. The molecule has 0 atom stereocenters. The van der Waals surface area contributed by atoms with Crippen LogP contribution in [0.5, 0.6) is 17.2 Å². The number of fused-ring (bicyclic) bond motifs is 3. The summed E-state index contributed by atoms with van der Waals surface area (Å²) in [5.74, 6) is 2.14. The molecule has 1 N–H and O–H groups in total. The number of carbonyl (C=O) groups excluding carboxylic acids is 3. The van der Waals surface area contributed by atoms with Gasteiger partial charge in [-0.2, -0.15) is 15.3 Å². The number of hydrogen-bond donors (Lipinski definition) is 1. The zero-order chi connectivity index (χ0) is 58.8. The first-order valence-electron chi connectivity index (χ1n) is 28.8. The summed E-state index contributed by atoms with van der Waals surface area (Å²) >= 11 is 0. The summed E-state index contributed by atoms with van der Waals surface area (Å²) in [6.45, 7) is 12.5. The number of amides is 3. The maximum Gasteiger partial charge on any atom is 0.260 e. The van der Waals surface area contributed by atoms with Gasteiger partial charge in [0.1, 0.15) is 17.2 Å². The third-order valence-electron chi connectivity index (χ3n) is 14.6. The molecule has 16 heteroatoms. The van der Waals surface area contributed by atoms with Gasteiger partial charge in [-0.1, -0.05) is 146 Å². The fraction of sp³-hybridized carbons (Fsp3) is 0.284. The lowest BCUT2D eigenvalue weighted by Crippen LogP contribution is -2.39. The molecular formula is C67H72FN9O6. The van der Waals surface area contributed by atoms with Gasteiger partial charge in [-0.15, -0.1) is 0 Å². The van der Waals surface area contributed by atoms with Gasteiger partial charge in [0.15, 0.2) is 19.8 Å². The lowest BCUT2D eigenvalue weighted by atomic mass is 10.0. The van der Waals surface area contributed by atoms with Gasteiger partial charge in [0, 0.05) is 115 Å². The van der Waals surface area contributed by atoms with Crippen LogP contribution in [-0.4, -0.2) is 109 Å². The van der Waals surface area contributed by atoms with Crippen molar-refractivity contribution < 1.29 is 34.4 Å². The maximum absolute atomic E-state index is 12.7. The number of H-pyrrole nitrogens is 1. The Morgan fingerprint density at radius 2 is 0.880 bits per heavy atom. The van der Waals surface area contributed by atoms with Gasteiger partial charge >= 0.3 is 0 Å². The van der Waals surface area contributed by atoms with E-state index in [2.05, 4.69) is 71.5 Å². The Hall–Kier alpha value is -9.31. The second-order valence-electron chi connectivity index (χ2n) is 20.8. The average molecular weight is 1120 g/mol. The molecule has 3 aliphatic heterocycles. The molecule has 0 fully saturated rings. The minimum absolute atomic E-state index is 0.00489. The van der Waals surface area contributed by atoms with E-state index in [1.54, 1.807) is 0 Å². The topological polar surface area (TPSA) is 153 Å². The lowest BCUT2D eigenvalue weighted by molar-refractivity contribution is -0.135. The highest BCUT2D eigenvalue weighted by atomic mass is 19.1. The third-order valence-corrected chi connectivity index (χ3v) is 14.6. The Morgan fingerprint density at radius 3 is 1.34 bits per heavy atom. The molecule has 0 unspecified atom stereocenters. The molecule has 3 aliphatic rings. The number of hydrogen-bond acceptors (Lipinski definition) is 9. The molecule has 428 valence electrons. The molecule has 15 nitrogen and oxygen atoms in total. The normalized spacial score (nSPS) is 13.3. The monoisotopic (exact) mass is 1120 g/mol. The summed E-state index contributed by atoms with van der Waals surface area (Å²) in [6.07, 6.45) is 2.36. The van der Waals surface area contributed by atoms with Crippen LogP contribution in [0.15, 0.2) is 182 Å². The number of ether oxygens (including phenoxy) is 3. The summed E-state index contributed by atoms with van der Waals surface area (Å²) < 4.78 is 36.6. The van der Waals surface area contributed by atoms with Gasteiger partial charge in [-0.05, 0) is 64.1 Å². The number of aromatic amines is 1. The van der Waals surface area contributed by atoms with Crippen LogP contribution in [0.1, 0.15) is 74.9 Å². The molecular weight excluding hydrogens is 1050 g/mol. The van der Waals surface area contributed by atoms with E-state index in [0.29, 0.717) is 56.5 Å². The van der Waals surface area contributed by atoms with E-state index in [9.17, 15) is 18.8 Å².